The number of aryl methyl sites for hydroxylation is 2. The fourth-order valence-electron chi connectivity index (χ4n) is 1.45. The Labute approximate surface area is 111 Å². The summed E-state index contributed by atoms with van der Waals surface area (Å²) in [7, 11) is 0. The molecule has 1 aromatic rings. The highest BCUT2D eigenvalue weighted by Gasteiger charge is 2.17. The highest BCUT2D eigenvalue weighted by molar-refractivity contribution is 7.99. The Morgan fingerprint density at radius 1 is 1.50 bits per heavy atom. The number of carbonyl (C=O) groups is 1. The van der Waals surface area contributed by atoms with Crippen LogP contribution in [0.25, 0.3) is 0 Å². The first kappa shape index (κ1) is 14.5. The Balaban J connectivity index is 2.95. The summed E-state index contributed by atoms with van der Waals surface area (Å²) in [6.07, 6.45) is 7.42. The summed E-state index contributed by atoms with van der Waals surface area (Å²) >= 11 is 1.43. The summed E-state index contributed by atoms with van der Waals surface area (Å²) in [5.74, 6) is 3.03. The maximum Gasteiger partial charge on any atom is 0.340 e. The molecular formula is C13H16N2O2S. The Bertz CT molecular complexity index is 481. The predicted molar refractivity (Wildman–Crippen MR) is 71.9 cm³/mol. The molecule has 1 rings (SSSR count). The molecule has 0 aliphatic heterocycles. The van der Waals surface area contributed by atoms with Crippen LogP contribution in [-0.2, 0) is 6.42 Å². The van der Waals surface area contributed by atoms with Gasteiger partial charge >= 0.3 is 5.97 Å². The molecule has 96 valence electrons. The Kier molecular flexibility index (Phi) is 5.66. The molecular weight excluding hydrogens is 248 g/mol. The molecule has 0 atom stereocenters. The Morgan fingerprint density at radius 3 is 2.78 bits per heavy atom. The second-order valence-corrected chi connectivity index (χ2v) is 4.80. The van der Waals surface area contributed by atoms with Crippen molar-refractivity contribution in [1.29, 1.82) is 0 Å². The number of carboxylic acid groups (broad SMARTS) is 1. The van der Waals surface area contributed by atoms with Gasteiger partial charge in [0.2, 0.25) is 0 Å². The molecule has 0 aromatic carbocycles. The maximum absolute atomic E-state index is 11.2. The molecule has 0 saturated heterocycles. The van der Waals surface area contributed by atoms with Gasteiger partial charge in [-0.05, 0) is 13.3 Å². The molecule has 1 heterocycles. The molecule has 1 aromatic heterocycles. The van der Waals surface area contributed by atoms with E-state index in [0.717, 1.165) is 12.2 Å². The van der Waals surface area contributed by atoms with Crippen LogP contribution >= 0.6 is 11.8 Å². The molecule has 0 fully saturated rings. The lowest BCUT2D eigenvalue weighted by atomic mass is 10.2. The van der Waals surface area contributed by atoms with Crippen molar-refractivity contribution in [2.45, 2.75) is 38.1 Å². The molecule has 0 bridgehead atoms. The molecule has 0 aliphatic rings. The number of thioether (sulfide) groups is 1. The molecule has 18 heavy (non-hydrogen) atoms. The predicted octanol–water partition coefficient (Wildman–Crippen LogP) is 2.55. The zero-order chi connectivity index (χ0) is 13.5. The van der Waals surface area contributed by atoms with Crippen molar-refractivity contribution < 1.29 is 9.90 Å². The highest BCUT2D eigenvalue weighted by atomic mass is 32.2. The quantitative estimate of drug-likeness (QED) is 0.370. The van der Waals surface area contributed by atoms with Gasteiger partial charge in [-0.15, -0.1) is 24.1 Å². The number of aromatic carboxylic acids is 1. The minimum absolute atomic E-state index is 0.206. The minimum Gasteiger partial charge on any atom is -0.478 e. The van der Waals surface area contributed by atoms with Crippen LogP contribution in [0.1, 0.15) is 41.6 Å². The molecule has 0 amide bonds. The van der Waals surface area contributed by atoms with Gasteiger partial charge in [-0.3, -0.25) is 0 Å². The summed E-state index contributed by atoms with van der Waals surface area (Å²) in [5.41, 5.74) is 0.728. The molecule has 0 radical (unpaired) electrons. The van der Waals surface area contributed by atoms with Gasteiger partial charge < -0.3 is 5.11 Å². The van der Waals surface area contributed by atoms with Crippen molar-refractivity contribution in [3.63, 3.8) is 0 Å². The van der Waals surface area contributed by atoms with E-state index in [2.05, 4.69) is 15.9 Å². The minimum atomic E-state index is -0.977. The average molecular weight is 264 g/mol. The molecule has 0 saturated carbocycles. The van der Waals surface area contributed by atoms with E-state index < -0.39 is 5.97 Å². The van der Waals surface area contributed by atoms with Gasteiger partial charge in [0.1, 0.15) is 16.4 Å². The van der Waals surface area contributed by atoms with E-state index in [1.165, 1.54) is 11.8 Å². The molecule has 1 N–H and O–H groups in total. The topological polar surface area (TPSA) is 63.1 Å². The lowest BCUT2D eigenvalue weighted by Crippen LogP contribution is -2.09. The zero-order valence-corrected chi connectivity index (χ0v) is 11.4. The van der Waals surface area contributed by atoms with Gasteiger partial charge in [0.05, 0.1) is 5.69 Å². The summed E-state index contributed by atoms with van der Waals surface area (Å²) < 4.78 is 0. The third-order valence-electron chi connectivity index (χ3n) is 2.34. The average Bonchev–Trinajstić information content (AvgIpc) is 2.33. The maximum atomic E-state index is 11.2. The van der Waals surface area contributed by atoms with Crippen molar-refractivity contribution >= 4 is 17.7 Å². The van der Waals surface area contributed by atoms with Gasteiger partial charge in [-0.2, -0.15) is 0 Å². The fraction of sp³-hybridized carbons (Fsp3) is 0.462. The van der Waals surface area contributed by atoms with Crippen LogP contribution < -0.4 is 0 Å². The summed E-state index contributed by atoms with van der Waals surface area (Å²) in [6, 6.07) is 0. The second kappa shape index (κ2) is 7.02. The van der Waals surface area contributed by atoms with E-state index in [9.17, 15) is 9.90 Å². The number of hydrogen-bond acceptors (Lipinski definition) is 4. The lowest BCUT2D eigenvalue weighted by molar-refractivity contribution is 0.0690. The lowest BCUT2D eigenvalue weighted by Gasteiger charge is -2.08. The van der Waals surface area contributed by atoms with Crippen molar-refractivity contribution in [2.75, 3.05) is 5.75 Å². The van der Waals surface area contributed by atoms with Gasteiger partial charge in [0, 0.05) is 18.6 Å². The zero-order valence-electron chi connectivity index (χ0n) is 10.6. The van der Waals surface area contributed by atoms with Crippen LogP contribution in [0.15, 0.2) is 5.03 Å². The van der Waals surface area contributed by atoms with E-state index in [1.54, 1.807) is 6.92 Å². The van der Waals surface area contributed by atoms with Crippen LogP contribution in [0.2, 0.25) is 0 Å². The van der Waals surface area contributed by atoms with Crippen molar-refractivity contribution in [2.24, 2.45) is 0 Å². The van der Waals surface area contributed by atoms with Crippen molar-refractivity contribution in [3.8, 4) is 12.3 Å². The normalized spacial score (nSPS) is 10.1. The van der Waals surface area contributed by atoms with E-state index in [-0.39, 0.29) is 5.56 Å². The van der Waals surface area contributed by atoms with Crippen molar-refractivity contribution in [1.82, 2.24) is 9.97 Å². The number of unbranched alkanes of at least 4 members (excludes halogenated alkanes) is 1. The second-order valence-electron chi connectivity index (χ2n) is 3.72. The molecule has 0 unspecified atom stereocenters. The standard InChI is InChI=1S/C13H16N2O2S/c1-4-6-7-8-18-12-11(13(16)17)9(3)14-10(5-2)15-12/h1H,5-8H2,2-3H3,(H,16,17). The van der Waals surface area contributed by atoms with Gasteiger partial charge in [0.15, 0.2) is 0 Å². The van der Waals surface area contributed by atoms with Crippen LogP contribution in [-0.4, -0.2) is 26.8 Å². The third-order valence-corrected chi connectivity index (χ3v) is 3.40. The first-order chi connectivity index (χ1) is 8.60. The number of aromatic nitrogens is 2. The summed E-state index contributed by atoms with van der Waals surface area (Å²) in [4.78, 5) is 19.7. The van der Waals surface area contributed by atoms with E-state index in [4.69, 9.17) is 6.42 Å². The van der Waals surface area contributed by atoms with E-state index in [0.29, 0.717) is 29.4 Å². The molecule has 0 spiro atoms. The monoisotopic (exact) mass is 264 g/mol. The first-order valence-corrected chi connectivity index (χ1v) is 6.75. The SMILES string of the molecule is C#CCCCSc1nc(CC)nc(C)c1C(=O)O. The number of nitrogens with zero attached hydrogens (tertiary/aromatic N) is 2. The number of carboxylic acids is 1. The van der Waals surface area contributed by atoms with Gasteiger partial charge in [0.25, 0.3) is 0 Å². The van der Waals surface area contributed by atoms with Crippen LogP contribution in [0.5, 0.6) is 0 Å². The highest BCUT2D eigenvalue weighted by Crippen LogP contribution is 2.24. The van der Waals surface area contributed by atoms with Gasteiger partial charge in [-0.1, -0.05) is 6.92 Å². The summed E-state index contributed by atoms with van der Waals surface area (Å²) in [5, 5.41) is 9.73. The molecule has 0 aliphatic carbocycles. The molecule has 4 nitrogen and oxygen atoms in total. The fourth-order valence-corrected chi connectivity index (χ4v) is 2.49. The number of terminal acetylenes is 1. The number of hydrogen-bond donors (Lipinski definition) is 1. The van der Waals surface area contributed by atoms with Crippen LogP contribution in [0.4, 0.5) is 0 Å². The largest absolute Gasteiger partial charge is 0.478 e. The summed E-state index contributed by atoms with van der Waals surface area (Å²) in [6.45, 7) is 3.65. The third kappa shape index (κ3) is 3.74. The number of rotatable bonds is 6. The van der Waals surface area contributed by atoms with E-state index >= 15 is 0 Å². The molecule has 5 heteroatoms. The van der Waals surface area contributed by atoms with Crippen LogP contribution in [0, 0.1) is 19.3 Å². The smallest absolute Gasteiger partial charge is 0.340 e. The van der Waals surface area contributed by atoms with Crippen molar-refractivity contribution in [3.05, 3.63) is 17.1 Å². The Hall–Kier alpha value is -1.54. The first-order valence-electron chi connectivity index (χ1n) is 5.77. The van der Waals surface area contributed by atoms with E-state index in [1.807, 2.05) is 6.92 Å². The Morgan fingerprint density at radius 2 is 2.22 bits per heavy atom. The van der Waals surface area contributed by atoms with Gasteiger partial charge in [-0.25, -0.2) is 14.8 Å². The van der Waals surface area contributed by atoms with Crippen LogP contribution in [0.3, 0.4) is 0 Å².